The number of hydrogen-bond acceptors (Lipinski definition) is 1. The summed E-state index contributed by atoms with van der Waals surface area (Å²) in [5.41, 5.74) is 3.94. The van der Waals surface area contributed by atoms with Gasteiger partial charge in [-0.3, -0.25) is 0 Å². The predicted octanol–water partition coefficient (Wildman–Crippen LogP) is 5.22. The standard InChI is InChI=1S/C19H18BrN/c1-13-5-3-4-6-18(13)19(21-2)16-8-7-15-12-17(20)10-9-14(15)11-16/h3-12,19,21H,1-2H3. The molecular weight excluding hydrogens is 322 g/mol. The van der Waals surface area contributed by atoms with Crippen molar-refractivity contribution in [3.63, 3.8) is 0 Å². The number of hydrogen-bond donors (Lipinski definition) is 1. The molecule has 3 aromatic carbocycles. The van der Waals surface area contributed by atoms with E-state index in [0.29, 0.717) is 0 Å². The maximum Gasteiger partial charge on any atom is 0.0577 e. The first-order valence-electron chi connectivity index (χ1n) is 7.11. The van der Waals surface area contributed by atoms with Gasteiger partial charge >= 0.3 is 0 Å². The minimum Gasteiger partial charge on any atom is -0.309 e. The smallest absolute Gasteiger partial charge is 0.0577 e. The van der Waals surface area contributed by atoms with Gasteiger partial charge in [-0.25, -0.2) is 0 Å². The Morgan fingerprint density at radius 2 is 1.62 bits per heavy atom. The Bertz CT molecular complexity index is 779. The average Bonchev–Trinajstić information content (AvgIpc) is 2.50. The second kappa shape index (κ2) is 6.00. The first-order valence-corrected chi connectivity index (χ1v) is 7.90. The molecule has 1 atom stereocenters. The topological polar surface area (TPSA) is 12.0 Å². The van der Waals surface area contributed by atoms with Crippen LogP contribution in [-0.4, -0.2) is 7.05 Å². The Hall–Kier alpha value is -1.64. The van der Waals surface area contributed by atoms with Crippen molar-refractivity contribution in [3.05, 3.63) is 81.8 Å². The lowest BCUT2D eigenvalue weighted by Gasteiger charge is -2.20. The summed E-state index contributed by atoms with van der Waals surface area (Å²) in [7, 11) is 2.02. The molecule has 0 bridgehead atoms. The normalized spacial score (nSPS) is 12.5. The van der Waals surface area contributed by atoms with E-state index in [-0.39, 0.29) is 6.04 Å². The zero-order valence-corrected chi connectivity index (χ0v) is 13.8. The maximum atomic E-state index is 3.53. The van der Waals surface area contributed by atoms with E-state index < -0.39 is 0 Å². The molecule has 21 heavy (non-hydrogen) atoms. The molecule has 106 valence electrons. The van der Waals surface area contributed by atoms with Crippen LogP contribution in [0.25, 0.3) is 10.8 Å². The Morgan fingerprint density at radius 3 is 2.38 bits per heavy atom. The molecule has 1 unspecified atom stereocenters. The average molecular weight is 340 g/mol. The van der Waals surface area contributed by atoms with Gasteiger partial charge in [-0.2, -0.15) is 0 Å². The highest BCUT2D eigenvalue weighted by Gasteiger charge is 2.14. The van der Waals surface area contributed by atoms with E-state index in [1.807, 2.05) is 7.05 Å². The molecule has 1 N–H and O–H groups in total. The molecule has 0 aliphatic carbocycles. The number of fused-ring (bicyclic) bond motifs is 1. The predicted molar refractivity (Wildman–Crippen MR) is 93.7 cm³/mol. The van der Waals surface area contributed by atoms with Crippen molar-refractivity contribution in [2.24, 2.45) is 0 Å². The van der Waals surface area contributed by atoms with E-state index in [9.17, 15) is 0 Å². The summed E-state index contributed by atoms with van der Waals surface area (Å²) >= 11 is 3.53. The van der Waals surface area contributed by atoms with Crippen LogP contribution < -0.4 is 5.32 Å². The molecule has 3 rings (SSSR count). The van der Waals surface area contributed by atoms with Crippen LogP contribution in [0.15, 0.2) is 65.1 Å². The van der Waals surface area contributed by atoms with Crippen molar-refractivity contribution in [1.82, 2.24) is 5.32 Å². The minimum atomic E-state index is 0.222. The molecule has 0 aliphatic heterocycles. The largest absolute Gasteiger partial charge is 0.309 e. The highest BCUT2D eigenvalue weighted by molar-refractivity contribution is 9.10. The fourth-order valence-corrected chi connectivity index (χ4v) is 3.21. The van der Waals surface area contributed by atoms with Crippen LogP contribution in [0.3, 0.4) is 0 Å². The number of aryl methyl sites for hydroxylation is 1. The molecule has 0 saturated heterocycles. The van der Waals surface area contributed by atoms with Gasteiger partial charge in [0, 0.05) is 4.47 Å². The Kier molecular flexibility index (Phi) is 4.09. The van der Waals surface area contributed by atoms with Crippen molar-refractivity contribution >= 4 is 26.7 Å². The molecule has 0 saturated carbocycles. The first kappa shape index (κ1) is 14.3. The third-order valence-corrected chi connectivity index (χ3v) is 4.44. The Balaban J connectivity index is 2.09. The van der Waals surface area contributed by atoms with Crippen molar-refractivity contribution in [2.75, 3.05) is 7.05 Å². The number of halogens is 1. The first-order chi connectivity index (χ1) is 10.2. The van der Waals surface area contributed by atoms with Crippen LogP contribution in [-0.2, 0) is 0 Å². The van der Waals surface area contributed by atoms with Gasteiger partial charge in [0.1, 0.15) is 0 Å². The zero-order chi connectivity index (χ0) is 14.8. The fraction of sp³-hybridized carbons (Fsp3) is 0.158. The summed E-state index contributed by atoms with van der Waals surface area (Å²) in [5.74, 6) is 0. The van der Waals surface area contributed by atoms with Crippen LogP contribution >= 0.6 is 15.9 Å². The third kappa shape index (κ3) is 2.87. The lowest BCUT2D eigenvalue weighted by Crippen LogP contribution is -2.18. The molecular formula is C19H18BrN. The van der Waals surface area contributed by atoms with Gasteiger partial charge in [0.15, 0.2) is 0 Å². The SMILES string of the molecule is CNC(c1ccc2cc(Br)ccc2c1)c1ccccc1C. The van der Waals surface area contributed by atoms with Gasteiger partial charge in [0.2, 0.25) is 0 Å². The summed E-state index contributed by atoms with van der Waals surface area (Å²) in [6, 6.07) is 21.9. The number of nitrogens with one attached hydrogen (secondary N) is 1. The lowest BCUT2D eigenvalue weighted by atomic mass is 9.93. The lowest BCUT2D eigenvalue weighted by molar-refractivity contribution is 0.688. The molecule has 0 heterocycles. The number of rotatable bonds is 3. The molecule has 2 heteroatoms. The monoisotopic (exact) mass is 339 g/mol. The quantitative estimate of drug-likeness (QED) is 0.689. The molecule has 0 aliphatic rings. The molecule has 0 fully saturated rings. The Morgan fingerprint density at radius 1 is 0.905 bits per heavy atom. The van der Waals surface area contributed by atoms with Gasteiger partial charge in [-0.15, -0.1) is 0 Å². The van der Waals surface area contributed by atoms with E-state index in [0.717, 1.165) is 4.47 Å². The summed E-state index contributed by atoms with van der Waals surface area (Å²) in [4.78, 5) is 0. The van der Waals surface area contributed by atoms with Crippen molar-refractivity contribution in [1.29, 1.82) is 0 Å². The van der Waals surface area contributed by atoms with E-state index in [4.69, 9.17) is 0 Å². The van der Waals surface area contributed by atoms with Crippen LogP contribution in [0.1, 0.15) is 22.7 Å². The van der Waals surface area contributed by atoms with E-state index >= 15 is 0 Å². The van der Waals surface area contributed by atoms with Crippen LogP contribution in [0, 0.1) is 6.92 Å². The highest BCUT2D eigenvalue weighted by Crippen LogP contribution is 2.28. The second-order valence-corrected chi connectivity index (χ2v) is 6.24. The summed E-state index contributed by atoms with van der Waals surface area (Å²) in [6.45, 7) is 2.16. The highest BCUT2D eigenvalue weighted by atomic mass is 79.9. The second-order valence-electron chi connectivity index (χ2n) is 5.33. The molecule has 0 spiro atoms. The molecule has 1 nitrogen and oxygen atoms in total. The van der Waals surface area contributed by atoms with Crippen molar-refractivity contribution in [3.8, 4) is 0 Å². The van der Waals surface area contributed by atoms with Gasteiger partial charge in [0.25, 0.3) is 0 Å². The zero-order valence-electron chi connectivity index (χ0n) is 12.2. The molecule has 0 amide bonds. The summed E-state index contributed by atoms with van der Waals surface area (Å²) in [6.07, 6.45) is 0. The van der Waals surface area contributed by atoms with Crippen LogP contribution in [0.5, 0.6) is 0 Å². The molecule has 0 aromatic heterocycles. The van der Waals surface area contributed by atoms with E-state index in [2.05, 4.69) is 88.8 Å². The van der Waals surface area contributed by atoms with E-state index in [1.165, 1.54) is 27.5 Å². The van der Waals surface area contributed by atoms with Gasteiger partial charge < -0.3 is 5.32 Å². The van der Waals surface area contributed by atoms with Crippen molar-refractivity contribution < 1.29 is 0 Å². The van der Waals surface area contributed by atoms with Crippen molar-refractivity contribution in [2.45, 2.75) is 13.0 Å². The fourth-order valence-electron chi connectivity index (χ4n) is 2.83. The van der Waals surface area contributed by atoms with Crippen LogP contribution in [0.2, 0.25) is 0 Å². The summed E-state index contributed by atoms with van der Waals surface area (Å²) in [5, 5.41) is 5.97. The molecule has 0 radical (unpaired) electrons. The number of benzene rings is 3. The van der Waals surface area contributed by atoms with Crippen LogP contribution in [0.4, 0.5) is 0 Å². The van der Waals surface area contributed by atoms with E-state index in [1.54, 1.807) is 0 Å². The van der Waals surface area contributed by atoms with Gasteiger partial charge in [-0.1, -0.05) is 58.4 Å². The summed E-state index contributed by atoms with van der Waals surface area (Å²) < 4.78 is 1.12. The van der Waals surface area contributed by atoms with Gasteiger partial charge in [-0.05, 0) is 59.6 Å². The minimum absolute atomic E-state index is 0.222. The third-order valence-electron chi connectivity index (χ3n) is 3.95. The molecule has 3 aromatic rings. The Labute approximate surface area is 134 Å². The van der Waals surface area contributed by atoms with Gasteiger partial charge in [0.05, 0.1) is 6.04 Å². The maximum absolute atomic E-state index is 3.53.